The lowest BCUT2D eigenvalue weighted by molar-refractivity contribution is 0.220. The van der Waals surface area contributed by atoms with E-state index in [9.17, 15) is 4.79 Å². The van der Waals surface area contributed by atoms with Crippen molar-refractivity contribution in [2.24, 2.45) is 0 Å². The Balaban J connectivity index is 1.86. The molecule has 3 aromatic rings. The van der Waals surface area contributed by atoms with Gasteiger partial charge in [-0.15, -0.1) is 0 Å². The van der Waals surface area contributed by atoms with E-state index in [4.69, 9.17) is 4.42 Å². The van der Waals surface area contributed by atoms with Gasteiger partial charge in [-0.2, -0.15) is 0 Å². The molecule has 1 aliphatic rings. The van der Waals surface area contributed by atoms with Gasteiger partial charge in [0, 0.05) is 18.5 Å². The van der Waals surface area contributed by atoms with Crippen LogP contribution in [0.4, 0.5) is 10.7 Å². The van der Waals surface area contributed by atoms with Crippen LogP contribution in [-0.2, 0) is 0 Å². The summed E-state index contributed by atoms with van der Waals surface area (Å²) >= 11 is 0. The number of benzene rings is 2. The predicted octanol–water partition coefficient (Wildman–Crippen LogP) is 4.74. The van der Waals surface area contributed by atoms with E-state index in [1.807, 2.05) is 43.4 Å². The zero-order valence-corrected chi connectivity index (χ0v) is 14.1. The minimum absolute atomic E-state index is 0.0342. The molecule has 0 N–H and O–H groups in total. The van der Waals surface area contributed by atoms with Crippen LogP contribution in [0.5, 0.6) is 0 Å². The van der Waals surface area contributed by atoms with Crippen LogP contribution in [0, 0.1) is 6.92 Å². The number of aryl methyl sites for hydroxylation is 1. The Morgan fingerprint density at radius 3 is 2.50 bits per heavy atom. The van der Waals surface area contributed by atoms with Crippen LogP contribution >= 0.6 is 0 Å². The van der Waals surface area contributed by atoms with E-state index < -0.39 is 0 Å². The van der Waals surface area contributed by atoms with Gasteiger partial charge in [-0.1, -0.05) is 42.5 Å². The molecule has 0 spiro atoms. The molecule has 0 aliphatic carbocycles. The average molecular weight is 320 g/mol. The molecule has 1 aliphatic heterocycles. The van der Waals surface area contributed by atoms with Crippen molar-refractivity contribution in [1.82, 2.24) is 4.90 Å². The third-order valence-corrected chi connectivity index (χ3v) is 5.00. The van der Waals surface area contributed by atoms with Crippen LogP contribution < -0.4 is 4.90 Å². The minimum Gasteiger partial charge on any atom is -0.440 e. The van der Waals surface area contributed by atoms with Crippen molar-refractivity contribution in [2.45, 2.75) is 25.9 Å². The highest BCUT2D eigenvalue weighted by Gasteiger charge is 2.44. The maximum Gasteiger partial charge on any atom is 0.327 e. The first-order valence-electron chi connectivity index (χ1n) is 8.18. The smallest absolute Gasteiger partial charge is 0.327 e. The molecule has 0 saturated carbocycles. The number of rotatable bonds is 2. The molecule has 2 amide bonds. The predicted molar refractivity (Wildman–Crippen MR) is 95.2 cm³/mol. The fraction of sp³-hybridized carbons (Fsp3) is 0.250. The second-order valence-electron chi connectivity index (χ2n) is 6.43. The largest absolute Gasteiger partial charge is 0.440 e. The summed E-state index contributed by atoms with van der Waals surface area (Å²) in [5, 5.41) is 1.05. The Kier molecular flexibility index (Phi) is 3.34. The highest BCUT2D eigenvalue weighted by atomic mass is 16.4. The van der Waals surface area contributed by atoms with Gasteiger partial charge in [-0.3, -0.25) is 4.90 Å². The van der Waals surface area contributed by atoms with Gasteiger partial charge in [0.05, 0.1) is 12.1 Å². The maximum atomic E-state index is 12.9. The SMILES string of the molecule is Cc1cccc2oc(N3C(=O)N(C)[C@@H](C)[C@H]3c3ccccc3)cc12. The summed E-state index contributed by atoms with van der Waals surface area (Å²) in [6, 6.07) is 18.0. The molecule has 1 aromatic heterocycles. The van der Waals surface area contributed by atoms with E-state index in [0.717, 1.165) is 22.1 Å². The summed E-state index contributed by atoms with van der Waals surface area (Å²) in [6.07, 6.45) is 0. The number of carbonyl (C=O) groups excluding carboxylic acids is 1. The summed E-state index contributed by atoms with van der Waals surface area (Å²) in [5.74, 6) is 0.606. The van der Waals surface area contributed by atoms with Gasteiger partial charge >= 0.3 is 6.03 Å². The summed E-state index contributed by atoms with van der Waals surface area (Å²) in [6.45, 7) is 4.13. The quantitative estimate of drug-likeness (QED) is 0.683. The third-order valence-electron chi connectivity index (χ3n) is 5.00. The molecule has 4 nitrogen and oxygen atoms in total. The summed E-state index contributed by atoms with van der Waals surface area (Å²) in [4.78, 5) is 16.4. The summed E-state index contributed by atoms with van der Waals surface area (Å²) in [5.41, 5.74) is 3.07. The van der Waals surface area contributed by atoms with E-state index in [1.165, 1.54) is 0 Å². The van der Waals surface area contributed by atoms with Crippen molar-refractivity contribution in [2.75, 3.05) is 11.9 Å². The second-order valence-corrected chi connectivity index (χ2v) is 6.43. The third kappa shape index (κ3) is 2.10. The fourth-order valence-corrected chi connectivity index (χ4v) is 3.51. The molecule has 24 heavy (non-hydrogen) atoms. The zero-order chi connectivity index (χ0) is 16.8. The topological polar surface area (TPSA) is 36.7 Å². The zero-order valence-electron chi connectivity index (χ0n) is 14.1. The average Bonchev–Trinajstić information content (AvgIpc) is 3.11. The lowest BCUT2D eigenvalue weighted by atomic mass is 10.0. The van der Waals surface area contributed by atoms with Gasteiger partial charge in [0.1, 0.15) is 5.58 Å². The first-order valence-corrected chi connectivity index (χ1v) is 8.18. The highest BCUT2D eigenvalue weighted by molar-refractivity contribution is 5.97. The molecule has 0 bridgehead atoms. The molecule has 122 valence electrons. The number of hydrogen-bond acceptors (Lipinski definition) is 2. The number of amides is 2. The molecule has 4 heteroatoms. The Bertz CT molecular complexity index is 900. The van der Waals surface area contributed by atoms with Crippen LogP contribution in [0.25, 0.3) is 11.0 Å². The molecular weight excluding hydrogens is 300 g/mol. The fourth-order valence-electron chi connectivity index (χ4n) is 3.51. The van der Waals surface area contributed by atoms with Gasteiger partial charge in [-0.25, -0.2) is 4.79 Å². The van der Waals surface area contributed by atoms with Crippen LogP contribution in [-0.4, -0.2) is 24.0 Å². The molecule has 2 atom stereocenters. The van der Waals surface area contributed by atoms with Crippen molar-refractivity contribution >= 4 is 22.9 Å². The van der Waals surface area contributed by atoms with Crippen LogP contribution in [0.1, 0.15) is 24.1 Å². The maximum absolute atomic E-state index is 12.9. The molecule has 2 heterocycles. The van der Waals surface area contributed by atoms with E-state index in [-0.39, 0.29) is 18.1 Å². The van der Waals surface area contributed by atoms with E-state index >= 15 is 0 Å². The van der Waals surface area contributed by atoms with Gasteiger partial charge in [0.25, 0.3) is 0 Å². The van der Waals surface area contributed by atoms with Crippen molar-refractivity contribution < 1.29 is 9.21 Å². The Hall–Kier alpha value is -2.75. The number of carbonyl (C=O) groups is 1. The van der Waals surface area contributed by atoms with Gasteiger partial charge in [0.2, 0.25) is 5.88 Å². The van der Waals surface area contributed by atoms with E-state index in [2.05, 4.69) is 32.0 Å². The Morgan fingerprint density at radius 2 is 1.79 bits per heavy atom. The van der Waals surface area contributed by atoms with Crippen LogP contribution in [0.2, 0.25) is 0 Å². The lowest BCUT2D eigenvalue weighted by Gasteiger charge is -2.23. The number of urea groups is 1. The molecule has 0 unspecified atom stereocenters. The number of fused-ring (bicyclic) bond motifs is 1. The number of nitrogens with zero attached hydrogens (tertiary/aromatic N) is 2. The van der Waals surface area contributed by atoms with Crippen LogP contribution in [0.15, 0.2) is 59.0 Å². The standard InChI is InChI=1S/C20H20N2O2/c1-13-8-7-11-17-16(13)12-18(24-17)22-19(14(2)21(3)20(22)23)15-9-5-4-6-10-15/h4-12,14,19H,1-3H3/t14-,19-/m0/s1. The number of anilines is 1. The van der Waals surface area contributed by atoms with Crippen molar-refractivity contribution in [3.63, 3.8) is 0 Å². The molecular formula is C20H20N2O2. The molecule has 1 fully saturated rings. The van der Waals surface area contributed by atoms with Crippen molar-refractivity contribution in [3.8, 4) is 0 Å². The van der Waals surface area contributed by atoms with Crippen LogP contribution in [0.3, 0.4) is 0 Å². The lowest BCUT2D eigenvalue weighted by Crippen LogP contribution is -2.30. The monoisotopic (exact) mass is 320 g/mol. The summed E-state index contributed by atoms with van der Waals surface area (Å²) in [7, 11) is 1.84. The van der Waals surface area contributed by atoms with E-state index in [1.54, 1.807) is 9.80 Å². The Labute approximate surface area is 141 Å². The van der Waals surface area contributed by atoms with Crippen molar-refractivity contribution in [1.29, 1.82) is 0 Å². The highest BCUT2D eigenvalue weighted by Crippen LogP contribution is 2.40. The van der Waals surface area contributed by atoms with Crippen molar-refractivity contribution in [3.05, 3.63) is 65.7 Å². The van der Waals surface area contributed by atoms with Gasteiger partial charge < -0.3 is 9.32 Å². The first kappa shape index (κ1) is 14.8. The first-order chi connectivity index (χ1) is 11.6. The number of likely N-dealkylation sites (N-methyl/N-ethyl adjacent to an activating group) is 1. The second kappa shape index (κ2) is 5.41. The molecule has 1 saturated heterocycles. The van der Waals surface area contributed by atoms with Gasteiger partial charge in [0.15, 0.2) is 0 Å². The molecule has 4 rings (SSSR count). The number of furan rings is 1. The van der Waals surface area contributed by atoms with E-state index in [0.29, 0.717) is 5.88 Å². The number of hydrogen-bond donors (Lipinski definition) is 0. The molecule has 0 radical (unpaired) electrons. The normalized spacial score (nSPS) is 21.0. The summed E-state index contributed by atoms with van der Waals surface area (Å²) < 4.78 is 6.03. The van der Waals surface area contributed by atoms with Gasteiger partial charge in [-0.05, 0) is 31.0 Å². The molecule has 2 aromatic carbocycles. The Morgan fingerprint density at radius 1 is 1.04 bits per heavy atom. The minimum atomic E-state index is -0.0652.